The molecule has 0 amide bonds. The Morgan fingerprint density at radius 1 is 1.56 bits per heavy atom. The van der Waals surface area contributed by atoms with Gasteiger partial charge in [0.2, 0.25) is 0 Å². The molecule has 0 saturated carbocycles. The molecule has 1 N–H and O–H groups in total. The number of thiophene rings is 1. The van der Waals surface area contributed by atoms with Crippen LogP contribution in [-0.2, 0) is 7.05 Å². The summed E-state index contributed by atoms with van der Waals surface area (Å²) in [4.78, 5) is 1.29. The van der Waals surface area contributed by atoms with Crippen molar-refractivity contribution in [3.63, 3.8) is 0 Å². The van der Waals surface area contributed by atoms with Crippen LogP contribution in [0.15, 0.2) is 22.0 Å². The Morgan fingerprint density at radius 2 is 2.31 bits per heavy atom. The number of nitrogens with one attached hydrogen (secondary N) is 1. The predicted molar refractivity (Wildman–Crippen MR) is 72.0 cm³/mol. The molecule has 2 aromatic heterocycles. The molecule has 86 valence electrons. The Hall–Kier alpha value is -0.810. The maximum Gasteiger partial charge on any atom is 0.148 e. The van der Waals surface area contributed by atoms with Gasteiger partial charge >= 0.3 is 0 Å². The molecule has 5 heteroatoms. The van der Waals surface area contributed by atoms with Crippen molar-refractivity contribution in [3.8, 4) is 0 Å². The van der Waals surface area contributed by atoms with Crippen LogP contribution < -0.4 is 5.32 Å². The smallest absolute Gasteiger partial charge is 0.148 e. The Morgan fingerprint density at radius 3 is 2.81 bits per heavy atom. The lowest BCUT2D eigenvalue weighted by molar-refractivity contribution is 0.736. The molecule has 2 aromatic rings. The van der Waals surface area contributed by atoms with Gasteiger partial charge in [-0.1, -0.05) is 0 Å². The van der Waals surface area contributed by atoms with E-state index in [2.05, 4.69) is 50.8 Å². The molecule has 2 heterocycles. The van der Waals surface area contributed by atoms with Crippen LogP contribution >= 0.6 is 27.3 Å². The van der Waals surface area contributed by atoms with Gasteiger partial charge in [-0.25, -0.2) is 0 Å². The lowest BCUT2D eigenvalue weighted by atomic mass is 10.3. The fourth-order valence-corrected chi connectivity index (χ4v) is 3.26. The van der Waals surface area contributed by atoms with Gasteiger partial charge in [0, 0.05) is 28.2 Å². The summed E-state index contributed by atoms with van der Waals surface area (Å²) in [5.41, 5.74) is 1.15. The van der Waals surface area contributed by atoms with Crippen molar-refractivity contribution in [2.75, 3.05) is 5.32 Å². The first-order chi connectivity index (χ1) is 7.58. The summed E-state index contributed by atoms with van der Waals surface area (Å²) < 4.78 is 3.03. The number of aryl methyl sites for hydroxylation is 2. The number of rotatable bonds is 3. The van der Waals surface area contributed by atoms with E-state index in [-0.39, 0.29) is 6.04 Å². The van der Waals surface area contributed by atoms with Crippen molar-refractivity contribution < 1.29 is 0 Å². The van der Waals surface area contributed by atoms with Gasteiger partial charge in [-0.15, -0.1) is 11.3 Å². The van der Waals surface area contributed by atoms with Gasteiger partial charge in [0.05, 0.1) is 6.04 Å². The molecule has 1 unspecified atom stereocenters. The average Bonchev–Trinajstić information content (AvgIpc) is 2.74. The number of nitrogens with zero attached hydrogens (tertiary/aromatic N) is 2. The topological polar surface area (TPSA) is 29.9 Å². The predicted octanol–water partition coefficient (Wildman–Crippen LogP) is 3.73. The minimum atomic E-state index is 0.267. The zero-order chi connectivity index (χ0) is 11.7. The van der Waals surface area contributed by atoms with E-state index in [9.17, 15) is 0 Å². The minimum absolute atomic E-state index is 0.267. The summed E-state index contributed by atoms with van der Waals surface area (Å²) in [7, 11) is 1.95. The number of halogens is 1. The molecular weight excluding hydrogens is 286 g/mol. The zero-order valence-corrected chi connectivity index (χ0v) is 11.9. The fourth-order valence-electron chi connectivity index (χ4n) is 1.53. The quantitative estimate of drug-likeness (QED) is 0.936. The molecule has 0 aromatic carbocycles. The summed E-state index contributed by atoms with van der Waals surface area (Å²) in [6.07, 6.45) is 0. The molecule has 0 aliphatic heterocycles. The SMILES string of the molecule is Cc1cc(NC(C)c2sccc2Br)nn1C. The maximum atomic E-state index is 4.38. The molecule has 0 fully saturated rings. The Kier molecular flexibility index (Phi) is 3.35. The Labute approximate surface area is 108 Å². The van der Waals surface area contributed by atoms with E-state index < -0.39 is 0 Å². The van der Waals surface area contributed by atoms with Gasteiger partial charge in [0.1, 0.15) is 5.82 Å². The number of anilines is 1. The first-order valence-electron chi connectivity index (χ1n) is 5.08. The molecule has 3 nitrogen and oxygen atoms in total. The molecule has 0 saturated heterocycles. The minimum Gasteiger partial charge on any atom is -0.361 e. The third-order valence-corrected chi connectivity index (χ3v) is 4.57. The van der Waals surface area contributed by atoms with E-state index in [1.165, 1.54) is 4.88 Å². The number of hydrogen-bond acceptors (Lipinski definition) is 3. The van der Waals surface area contributed by atoms with Gasteiger partial charge < -0.3 is 5.32 Å². The van der Waals surface area contributed by atoms with Gasteiger partial charge in [0.15, 0.2) is 0 Å². The van der Waals surface area contributed by atoms with Gasteiger partial charge in [-0.2, -0.15) is 5.10 Å². The molecule has 0 radical (unpaired) electrons. The molecule has 0 bridgehead atoms. The third-order valence-electron chi connectivity index (χ3n) is 2.52. The van der Waals surface area contributed by atoms with Crippen LogP contribution in [0.3, 0.4) is 0 Å². The van der Waals surface area contributed by atoms with Crippen LogP contribution in [0.25, 0.3) is 0 Å². The normalized spacial score (nSPS) is 12.8. The highest BCUT2D eigenvalue weighted by molar-refractivity contribution is 9.10. The molecule has 1 atom stereocenters. The van der Waals surface area contributed by atoms with Gasteiger partial charge in [-0.3, -0.25) is 4.68 Å². The largest absolute Gasteiger partial charge is 0.361 e. The summed E-state index contributed by atoms with van der Waals surface area (Å²) in [6.45, 7) is 4.19. The molecular formula is C11H14BrN3S. The maximum absolute atomic E-state index is 4.38. The second-order valence-electron chi connectivity index (χ2n) is 3.79. The Balaban J connectivity index is 2.13. The van der Waals surface area contributed by atoms with Crippen LogP contribution in [0.2, 0.25) is 0 Å². The van der Waals surface area contributed by atoms with Crippen molar-refractivity contribution in [2.24, 2.45) is 7.05 Å². The van der Waals surface area contributed by atoms with Crippen LogP contribution in [0.1, 0.15) is 23.5 Å². The number of hydrogen-bond donors (Lipinski definition) is 1. The van der Waals surface area contributed by atoms with Crippen LogP contribution in [0.4, 0.5) is 5.82 Å². The van der Waals surface area contributed by atoms with E-state index in [4.69, 9.17) is 0 Å². The lowest BCUT2D eigenvalue weighted by Crippen LogP contribution is -2.06. The lowest BCUT2D eigenvalue weighted by Gasteiger charge is -2.11. The standard InChI is InChI=1S/C11H14BrN3S/c1-7-6-10(14-15(7)3)13-8(2)11-9(12)4-5-16-11/h4-6,8H,1-3H3,(H,13,14). The summed E-state index contributed by atoms with van der Waals surface area (Å²) >= 11 is 5.29. The number of aromatic nitrogens is 2. The van der Waals surface area contributed by atoms with Crippen molar-refractivity contribution in [3.05, 3.63) is 32.6 Å². The molecule has 2 rings (SSSR count). The summed E-state index contributed by atoms with van der Waals surface area (Å²) in [5.74, 6) is 0.924. The van der Waals surface area contributed by atoms with Crippen LogP contribution in [-0.4, -0.2) is 9.78 Å². The van der Waals surface area contributed by atoms with E-state index >= 15 is 0 Å². The highest BCUT2D eigenvalue weighted by Gasteiger charge is 2.12. The first-order valence-corrected chi connectivity index (χ1v) is 6.75. The van der Waals surface area contributed by atoms with Crippen molar-refractivity contribution in [2.45, 2.75) is 19.9 Å². The second kappa shape index (κ2) is 4.59. The Bertz CT molecular complexity index is 470. The van der Waals surface area contributed by atoms with Crippen molar-refractivity contribution in [1.29, 1.82) is 0 Å². The molecule has 16 heavy (non-hydrogen) atoms. The van der Waals surface area contributed by atoms with E-state index in [1.807, 2.05) is 18.7 Å². The first kappa shape index (κ1) is 11.7. The molecule has 0 aliphatic carbocycles. The van der Waals surface area contributed by atoms with E-state index in [0.717, 1.165) is 16.0 Å². The third kappa shape index (κ3) is 2.30. The summed E-state index contributed by atoms with van der Waals surface area (Å²) in [6, 6.07) is 4.39. The van der Waals surface area contributed by atoms with Gasteiger partial charge in [0.25, 0.3) is 0 Å². The highest BCUT2D eigenvalue weighted by Crippen LogP contribution is 2.30. The summed E-state index contributed by atoms with van der Waals surface area (Å²) in [5, 5.41) is 9.86. The second-order valence-corrected chi connectivity index (χ2v) is 5.60. The van der Waals surface area contributed by atoms with Crippen LogP contribution in [0.5, 0.6) is 0 Å². The van der Waals surface area contributed by atoms with Crippen LogP contribution in [0, 0.1) is 6.92 Å². The van der Waals surface area contributed by atoms with Crippen molar-refractivity contribution in [1.82, 2.24) is 9.78 Å². The highest BCUT2D eigenvalue weighted by atomic mass is 79.9. The monoisotopic (exact) mass is 299 g/mol. The van der Waals surface area contributed by atoms with E-state index in [0.29, 0.717) is 0 Å². The van der Waals surface area contributed by atoms with E-state index in [1.54, 1.807) is 11.3 Å². The van der Waals surface area contributed by atoms with Gasteiger partial charge in [-0.05, 0) is 41.2 Å². The zero-order valence-electron chi connectivity index (χ0n) is 9.49. The average molecular weight is 300 g/mol. The fraction of sp³-hybridized carbons (Fsp3) is 0.364. The molecule has 0 aliphatic rings. The molecule has 0 spiro atoms. The van der Waals surface area contributed by atoms with Crippen molar-refractivity contribution >= 4 is 33.1 Å².